The molecular formula is C13H15N3O4. The molecule has 0 saturated heterocycles. The minimum absolute atomic E-state index is 0.0667. The van der Waals surface area contributed by atoms with Crippen molar-refractivity contribution in [3.05, 3.63) is 33.9 Å². The van der Waals surface area contributed by atoms with E-state index in [0.717, 1.165) is 0 Å². The molecule has 0 N–H and O–H groups in total. The van der Waals surface area contributed by atoms with E-state index >= 15 is 0 Å². The molecule has 1 rings (SSSR count). The molecule has 7 nitrogen and oxygen atoms in total. The molecule has 0 heterocycles. The number of hydrogen-bond acceptors (Lipinski definition) is 5. The number of aryl methyl sites for hydroxylation is 1. The molecule has 0 spiro atoms. The van der Waals surface area contributed by atoms with Crippen molar-refractivity contribution in [1.82, 2.24) is 4.90 Å². The van der Waals surface area contributed by atoms with Gasteiger partial charge in [-0.1, -0.05) is 12.1 Å². The molecule has 0 bridgehead atoms. The van der Waals surface area contributed by atoms with Gasteiger partial charge in [0.05, 0.1) is 17.4 Å². The fraction of sp³-hybridized carbons (Fsp3) is 0.385. The molecule has 1 aromatic carbocycles. The zero-order chi connectivity index (χ0) is 15.1. The summed E-state index contributed by atoms with van der Waals surface area (Å²) in [6.45, 7) is 1.60. The highest BCUT2D eigenvalue weighted by molar-refractivity contribution is 5.77. The van der Waals surface area contributed by atoms with E-state index in [0.29, 0.717) is 12.1 Å². The van der Waals surface area contributed by atoms with Crippen LogP contribution in [0.2, 0.25) is 0 Å². The van der Waals surface area contributed by atoms with E-state index in [-0.39, 0.29) is 30.4 Å². The number of nitro benzene ring substituents is 1. The smallest absolute Gasteiger partial charge is 0.313 e. The van der Waals surface area contributed by atoms with E-state index in [1.807, 2.05) is 6.07 Å². The number of para-hydroxylation sites is 1. The minimum Gasteiger partial charge on any atom is -0.477 e. The van der Waals surface area contributed by atoms with Crippen LogP contribution in [-0.2, 0) is 4.79 Å². The van der Waals surface area contributed by atoms with Crippen molar-refractivity contribution in [2.75, 3.05) is 20.2 Å². The lowest BCUT2D eigenvalue weighted by molar-refractivity contribution is -0.386. The van der Waals surface area contributed by atoms with Crippen molar-refractivity contribution in [3.63, 3.8) is 0 Å². The highest BCUT2D eigenvalue weighted by Crippen LogP contribution is 2.29. The molecule has 0 aromatic heterocycles. The number of hydrogen-bond donors (Lipinski definition) is 0. The standard InChI is InChI=1S/C13H15N3O4/c1-10-5-3-6-11(13(10)16(18)19)20-9-12(17)15(2)8-4-7-14/h3,5-6H,4,8-9H2,1-2H3. The quantitative estimate of drug-likeness (QED) is 0.581. The summed E-state index contributed by atoms with van der Waals surface area (Å²) in [5.74, 6) is -0.270. The zero-order valence-corrected chi connectivity index (χ0v) is 11.3. The number of nitriles is 1. The number of ether oxygens (including phenoxy) is 1. The minimum atomic E-state index is -0.533. The first-order valence-electron chi connectivity index (χ1n) is 5.95. The van der Waals surface area contributed by atoms with E-state index in [2.05, 4.69) is 0 Å². The summed E-state index contributed by atoms with van der Waals surface area (Å²) in [7, 11) is 1.55. The Balaban J connectivity index is 2.71. The highest BCUT2D eigenvalue weighted by Gasteiger charge is 2.19. The van der Waals surface area contributed by atoms with Gasteiger partial charge in [-0.2, -0.15) is 5.26 Å². The molecule has 0 saturated carbocycles. The van der Waals surface area contributed by atoms with Crippen molar-refractivity contribution in [2.24, 2.45) is 0 Å². The number of carbonyl (C=O) groups excluding carboxylic acids is 1. The maximum absolute atomic E-state index is 11.7. The molecule has 1 aromatic rings. The third-order valence-electron chi connectivity index (χ3n) is 2.72. The van der Waals surface area contributed by atoms with Gasteiger partial charge in [0, 0.05) is 19.2 Å². The summed E-state index contributed by atoms with van der Waals surface area (Å²) in [5.41, 5.74) is 0.331. The highest BCUT2D eigenvalue weighted by atomic mass is 16.6. The first kappa shape index (κ1) is 15.4. The second-order valence-electron chi connectivity index (χ2n) is 4.19. The molecule has 106 valence electrons. The fourth-order valence-electron chi connectivity index (χ4n) is 1.57. The number of nitrogens with zero attached hydrogens (tertiary/aromatic N) is 3. The molecule has 20 heavy (non-hydrogen) atoms. The predicted octanol–water partition coefficient (Wildman–Crippen LogP) is 1.65. The van der Waals surface area contributed by atoms with Gasteiger partial charge >= 0.3 is 5.69 Å². The summed E-state index contributed by atoms with van der Waals surface area (Å²) >= 11 is 0. The Bertz CT molecular complexity index is 551. The van der Waals surface area contributed by atoms with Gasteiger partial charge in [0.2, 0.25) is 0 Å². The van der Waals surface area contributed by atoms with E-state index in [4.69, 9.17) is 10.00 Å². The second kappa shape index (κ2) is 7.09. The lowest BCUT2D eigenvalue weighted by Gasteiger charge is -2.15. The van der Waals surface area contributed by atoms with Crippen molar-refractivity contribution in [2.45, 2.75) is 13.3 Å². The van der Waals surface area contributed by atoms with Gasteiger partial charge < -0.3 is 9.64 Å². The van der Waals surface area contributed by atoms with E-state index in [1.54, 1.807) is 26.1 Å². The maximum Gasteiger partial charge on any atom is 0.313 e. The van der Waals surface area contributed by atoms with Crippen LogP contribution in [0.1, 0.15) is 12.0 Å². The summed E-state index contributed by atoms with van der Waals surface area (Å²) in [5, 5.41) is 19.4. The normalized spacial score (nSPS) is 9.65. The molecule has 0 fully saturated rings. The van der Waals surface area contributed by atoms with Crippen LogP contribution in [0.4, 0.5) is 5.69 Å². The summed E-state index contributed by atoms with van der Waals surface area (Å²) < 4.78 is 5.23. The Morgan fingerprint density at radius 3 is 2.85 bits per heavy atom. The lowest BCUT2D eigenvalue weighted by atomic mass is 10.2. The van der Waals surface area contributed by atoms with Crippen LogP contribution >= 0.6 is 0 Å². The molecule has 0 atom stereocenters. The van der Waals surface area contributed by atoms with E-state index < -0.39 is 4.92 Å². The van der Waals surface area contributed by atoms with Gasteiger partial charge in [-0.05, 0) is 13.0 Å². The molecule has 0 aliphatic carbocycles. The SMILES string of the molecule is Cc1cccc(OCC(=O)N(C)CCC#N)c1[N+](=O)[O-]. The molecular weight excluding hydrogens is 262 g/mol. The molecule has 0 aliphatic heterocycles. The molecule has 0 radical (unpaired) electrons. The topological polar surface area (TPSA) is 96.5 Å². The number of rotatable bonds is 6. The number of nitro groups is 1. The number of likely N-dealkylation sites (N-methyl/N-ethyl adjacent to an activating group) is 1. The zero-order valence-electron chi connectivity index (χ0n) is 11.3. The first-order chi connectivity index (χ1) is 9.47. The Morgan fingerprint density at radius 1 is 1.55 bits per heavy atom. The predicted molar refractivity (Wildman–Crippen MR) is 71.2 cm³/mol. The van der Waals surface area contributed by atoms with Crippen LogP contribution in [0, 0.1) is 28.4 Å². The van der Waals surface area contributed by atoms with Crippen molar-refractivity contribution < 1.29 is 14.5 Å². The fourth-order valence-corrected chi connectivity index (χ4v) is 1.57. The summed E-state index contributed by atoms with van der Waals surface area (Å²) in [6, 6.07) is 6.62. The Hall–Kier alpha value is -2.62. The molecule has 1 amide bonds. The Kier molecular flexibility index (Phi) is 5.47. The molecule has 0 aliphatic rings. The van der Waals surface area contributed by atoms with Gasteiger partial charge in [-0.3, -0.25) is 14.9 Å². The third kappa shape index (κ3) is 3.95. The Morgan fingerprint density at radius 2 is 2.25 bits per heavy atom. The molecule has 7 heteroatoms. The van der Waals surface area contributed by atoms with Crippen LogP contribution < -0.4 is 4.74 Å². The number of amides is 1. The monoisotopic (exact) mass is 277 g/mol. The lowest BCUT2D eigenvalue weighted by Crippen LogP contribution is -2.32. The van der Waals surface area contributed by atoms with Crippen molar-refractivity contribution >= 4 is 11.6 Å². The van der Waals surface area contributed by atoms with Crippen LogP contribution in [0.5, 0.6) is 5.75 Å². The average molecular weight is 277 g/mol. The Labute approximate surface area is 116 Å². The third-order valence-corrected chi connectivity index (χ3v) is 2.72. The largest absolute Gasteiger partial charge is 0.477 e. The average Bonchev–Trinajstić information content (AvgIpc) is 2.41. The summed E-state index contributed by atoms with van der Waals surface area (Å²) in [6.07, 6.45) is 0.229. The second-order valence-corrected chi connectivity index (χ2v) is 4.19. The van der Waals surface area contributed by atoms with Crippen LogP contribution in [0.3, 0.4) is 0 Å². The van der Waals surface area contributed by atoms with Gasteiger partial charge in [-0.25, -0.2) is 0 Å². The van der Waals surface area contributed by atoms with E-state index in [1.165, 1.54) is 11.0 Å². The van der Waals surface area contributed by atoms with Gasteiger partial charge in [-0.15, -0.1) is 0 Å². The van der Waals surface area contributed by atoms with Crippen LogP contribution in [0.15, 0.2) is 18.2 Å². The van der Waals surface area contributed by atoms with E-state index in [9.17, 15) is 14.9 Å². The number of benzene rings is 1. The van der Waals surface area contributed by atoms with Gasteiger partial charge in [0.1, 0.15) is 0 Å². The van der Waals surface area contributed by atoms with Crippen LogP contribution in [0.25, 0.3) is 0 Å². The van der Waals surface area contributed by atoms with Gasteiger partial charge in [0.15, 0.2) is 12.4 Å². The summed E-state index contributed by atoms with van der Waals surface area (Å²) in [4.78, 5) is 23.5. The molecule has 0 unspecified atom stereocenters. The van der Waals surface area contributed by atoms with Gasteiger partial charge in [0.25, 0.3) is 5.91 Å². The van der Waals surface area contributed by atoms with Crippen molar-refractivity contribution in [1.29, 1.82) is 5.26 Å². The van der Waals surface area contributed by atoms with Crippen molar-refractivity contribution in [3.8, 4) is 11.8 Å². The first-order valence-corrected chi connectivity index (χ1v) is 5.95. The number of carbonyl (C=O) groups is 1. The van der Waals surface area contributed by atoms with Crippen LogP contribution in [-0.4, -0.2) is 35.9 Å². The maximum atomic E-state index is 11.7.